The molecule has 158 valence electrons. The molecule has 0 atom stereocenters. The molecule has 1 heterocycles. The number of ether oxygens (including phenoxy) is 1. The summed E-state index contributed by atoms with van der Waals surface area (Å²) in [5.74, 6) is 0.283. The molecule has 0 aliphatic heterocycles. The van der Waals surface area contributed by atoms with Crippen LogP contribution in [0.3, 0.4) is 0 Å². The lowest BCUT2D eigenvalue weighted by Crippen LogP contribution is -2.25. The Hall–Kier alpha value is -2.94. The number of nitrogens with zero attached hydrogens (tertiary/aromatic N) is 2. The van der Waals surface area contributed by atoms with Gasteiger partial charge in [-0.25, -0.2) is 4.98 Å². The first kappa shape index (κ1) is 21.8. The Kier molecular flexibility index (Phi) is 7.04. The number of carbonyl (C=O) groups excluding carboxylic acids is 1. The summed E-state index contributed by atoms with van der Waals surface area (Å²) in [7, 11) is 1.54. The minimum absolute atomic E-state index is 0.0573. The van der Waals surface area contributed by atoms with Crippen LogP contribution in [0.2, 0.25) is 0 Å². The number of alkyl halides is 3. The smallest absolute Gasteiger partial charge is 0.406 e. The first-order chi connectivity index (χ1) is 14.4. The Labute approximate surface area is 176 Å². The number of amides is 1. The van der Waals surface area contributed by atoms with E-state index >= 15 is 0 Å². The van der Waals surface area contributed by atoms with Crippen LogP contribution in [-0.4, -0.2) is 34.5 Å². The van der Waals surface area contributed by atoms with Crippen molar-refractivity contribution in [3.05, 3.63) is 66.4 Å². The fourth-order valence-corrected chi connectivity index (χ4v) is 3.68. The molecule has 3 rings (SSSR count). The molecular weight excluding hydrogens is 415 g/mol. The van der Waals surface area contributed by atoms with E-state index in [4.69, 9.17) is 4.74 Å². The molecule has 0 aliphatic carbocycles. The Balaban J connectivity index is 1.68. The van der Waals surface area contributed by atoms with Crippen LogP contribution >= 0.6 is 11.8 Å². The van der Waals surface area contributed by atoms with E-state index < -0.39 is 12.7 Å². The van der Waals surface area contributed by atoms with Gasteiger partial charge in [0.1, 0.15) is 12.3 Å². The molecule has 0 fully saturated rings. The molecule has 2 aromatic carbocycles. The molecule has 9 heteroatoms. The lowest BCUT2D eigenvalue weighted by Gasteiger charge is -2.14. The van der Waals surface area contributed by atoms with Crippen molar-refractivity contribution < 1.29 is 22.7 Å². The zero-order chi connectivity index (χ0) is 21.6. The lowest BCUT2D eigenvalue weighted by atomic mass is 10.2. The minimum Gasteiger partial charge on any atom is -0.496 e. The van der Waals surface area contributed by atoms with Crippen molar-refractivity contribution in [2.45, 2.75) is 24.4 Å². The predicted molar refractivity (Wildman–Crippen MR) is 109 cm³/mol. The molecule has 1 amide bonds. The second kappa shape index (κ2) is 9.71. The second-order valence-corrected chi connectivity index (χ2v) is 7.31. The summed E-state index contributed by atoms with van der Waals surface area (Å²) in [5, 5.41) is 2.89. The van der Waals surface area contributed by atoms with E-state index in [-0.39, 0.29) is 23.4 Å². The number of aromatic nitrogens is 2. The average molecular weight is 435 g/mol. The number of methoxy groups -OCH3 is 1. The lowest BCUT2D eigenvalue weighted by molar-refractivity contribution is -0.141. The van der Waals surface area contributed by atoms with Gasteiger partial charge in [-0.3, -0.25) is 4.79 Å². The van der Waals surface area contributed by atoms with E-state index in [0.29, 0.717) is 17.0 Å². The van der Waals surface area contributed by atoms with Gasteiger partial charge in [0.05, 0.1) is 24.8 Å². The van der Waals surface area contributed by atoms with E-state index in [9.17, 15) is 18.0 Å². The van der Waals surface area contributed by atoms with Gasteiger partial charge in [0.15, 0.2) is 5.16 Å². The molecule has 30 heavy (non-hydrogen) atoms. The number of hydrogen-bond acceptors (Lipinski definition) is 4. The van der Waals surface area contributed by atoms with Crippen molar-refractivity contribution in [1.29, 1.82) is 0 Å². The van der Waals surface area contributed by atoms with Gasteiger partial charge in [0.2, 0.25) is 5.91 Å². The summed E-state index contributed by atoms with van der Waals surface area (Å²) >= 11 is 0.965. The number of hydrogen-bond donors (Lipinski definition) is 1. The van der Waals surface area contributed by atoms with Crippen molar-refractivity contribution in [3.8, 4) is 17.0 Å². The maximum Gasteiger partial charge on any atom is 0.406 e. The number of nitrogens with one attached hydrogen (secondary N) is 1. The van der Waals surface area contributed by atoms with Gasteiger partial charge in [-0.15, -0.1) is 0 Å². The topological polar surface area (TPSA) is 56.1 Å². The van der Waals surface area contributed by atoms with Crippen LogP contribution in [0.4, 0.5) is 13.2 Å². The molecule has 0 radical (unpaired) electrons. The van der Waals surface area contributed by atoms with Gasteiger partial charge in [-0.05, 0) is 11.6 Å². The van der Waals surface area contributed by atoms with Crippen LogP contribution in [0.25, 0.3) is 11.3 Å². The first-order valence-corrected chi connectivity index (χ1v) is 10.0. The van der Waals surface area contributed by atoms with Crippen molar-refractivity contribution in [3.63, 3.8) is 0 Å². The Morgan fingerprint density at radius 2 is 1.83 bits per heavy atom. The van der Waals surface area contributed by atoms with Crippen LogP contribution in [0.1, 0.15) is 5.56 Å². The molecule has 0 spiro atoms. The number of thioether (sulfide) groups is 1. The predicted octanol–water partition coefficient (Wildman–Crippen LogP) is 4.53. The third-order valence-corrected chi connectivity index (χ3v) is 5.22. The Morgan fingerprint density at radius 3 is 2.53 bits per heavy atom. The summed E-state index contributed by atoms with van der Waals surface area (Å²) in [6.45, 7) is -0.919. The highest BCUT2D eigenvalue weighted by Crippen LogP contribution is 2.30. The van der Waals surface area contributed by atoms with Gasteiger partial charge in [0.25, 0.3) is 0 Å². The molecule has 1 aromatic heterocycles. The highest BCUT2D eigenvalue weighted by molar-refractivity contribution is 7.99. The standard InChI is InChI=1S/C21H20F3N3O2S/c1-29-18-10-6-5-9-16(18)11-25-19(28)13-30-20-26-12-17(15-7-3-2-4-8-15)27(20)14-21(22,23)24/h2-10,12H,11,13-14H2,1H3,(H,25,28). The largest absolute Gasteiger partial charge is 0.496 e. The summed E-state index contributed by atoms with van der Waals surface area (Å²) in [6.07, 6.45) is -3.01. The van der Waals surface area contributed by atoms with Crippen molar-refractivity contribution in [2.24, 2.45) is 0 Å². The van der Waals surface area contributed by atoms with Crippen molar-refractivity contribution >= 4 is 17.7 Å². The molecule has 3 aromatic rings. The maximum atomic E-state index is 13.1. The molecule has 0 aliphatic rings. The van der Waals surface area contributed by atoms with E-state index in [1.807, 2.05) is 18.2 Å². The highest BCUT2D eigenvalue weighted by atomic mass is 32.2. The number of para-hydroxylation sites is 1. The van der Waals surface area contributed by atoms with Crippen LogP contribution in [0, 0.1) is 0 Å². The highest BCUT2D eigenvalue weighted by Gasteiger charge is 2.31. The van der Waals surface area contributed by atoms with E-state index in [0.717, 1.165) is 21.9 Å². The fourth-order valence-electron chi connectivity index (χ4n) is 2.87. The van der Waals surface area contributed by atoms with Gasteiger partial charge in [-0.2, -0.15) is 13.2 Å². The maximum absolute atomic E-state index is 13.1. The number of imidazole rings is 1. The second-order valence-electron chi connectivity index (χ2n) is 6.37. The summed E-state index contributed by atoms with van der Waals surface area (Å²) < 4.78 is 45.7. The third-order valence-electron chi connectivity index (χ3n) is 4.23. The summed E-state index contributed by atoms with van der Waals surface area (Å²) in [5.41, 5.74) is 1.79. The number of halogens is 3. The van der Waals surface area contributed by atoms with Crippen LogP contribution in [0.15, 0.2) is 66.0 Å². The van der Waals surface area contributed by atoms with Crippen LogP contribution in [0.5, 0.6) is 5.75 Å². The van der Waals surface area contributed by atoms with Crippen molar-refractivity contribution in [2.75, 3.05) is 12.9 Å². The van der Waals surface area contributed by atoms with Crippen molar-refractivity contribution in [1.82, 2.24) is 14.9 Å². The van der Waals surface area contributed by atoms with Crippen LogP contribution in [-0.2, 0) is 17.9 Å². The van der Waals surface area contributed by atoms with E-state index in [2.05, 4.69) is 10.3 Å². The Morgan fingerprint density at radius 1 is 1.13 bits per heavy atom. The van der Waals surface area contributed by atoms with Gasteiger partial charge < -0.3 is 14.6 Å². The zero-order valence-electron chi connectivity index (χ0n) is 16.1. The first-order valence-electron chi connectivity index (χ1n) is 9.06. The normalized spacial score (nSPS) is 11.3. The SMILES string of the molecule is COc1ccccc1CNC(=O)CSc1ncc(-c2ccccc2)n1CC(F)(F)F. The molecule has 0 bridgehead atoms. The van der Waals surface area contributed by atoms with Crippen LogP contribution < -0.4 is 10.1 Å². The van der Waals surface area contributed by atoms with Gasteiger partial charge in [0, 0.05) is 12.1 Å². The van der Waals surface area contributed by atoms with E-state index in [1.54, 1.807) is 43.5 Å². The zero-order valence-corrected chi connectivity index (χ0v) is 17.0. The number of carbonyl (C=O) groups is 1. The Bertz CT molecular complexity index is 991. The molecule has 0 saturated carbocycles. The fraction of sp³-hybridized carbons (Fsp3) is 0.238. The molecular formula is C21H20F3N3O2S. The average Bonchev–Trinajstić information content (AvgIpc) is 3.12. The summed E-state index contributed by atoms with van der Waals surface area (Å²) in [4.78, 5) is 16.4. The quantitative estimate of drug-likeness (QED) is 0.529. The minimum atomic E-state index is -4.41. The number of benzene rings is 2. The molecule has 1 N–H and O–H groups in total. The van der Waals surface area contributed by atoms with E-state index in [1.165, 1.54) is 6.20 Å². The molecule has 0 unspecified atom stereocenters. The summed E-state index contributed by atoms with van der Waals surface area (Å²) in [6, 6.07) is 16.0. The number of rotatable bonds is 8. The third kappa shape index (κ3) is 5.79. The molecule has 5 nitrogen and oxygen atoms in total. The molecule has 0 saturated heterocycles. The van der Waals surface area contributed by atoms with Gasteiger partial charge in [-0.1, -0.05) is 60.3 Å². The van der Waals surface area contributed by atoms with Gasteiger partial charge >= 0.3 is 6.18 Å². The monoisotopic (exact) mass is 435 g/mol.